The Morgan fingerprint density at radius 3 is 1.38 bits per heavy atom. The van der Waals surface area contributed by atoms with Crippen molar-refractivity contribution in [2.75, 3.05) is 28.4 Å². The zero-order valence-electron chi connectivity index (χ0n) is 14.0. The van der Waals surface area contributed by atoms with E-state index in [1.807, 2.05) is 0 Å². The molecule has 1 aliphatic carbocycles. The summed E-state index contributed by atoms with van der Waals surface area (Å²) in [6.07, 6.45) is -1.97. The summed E-state index contributed by atoms with van der Waals surface area (Å²) in [5.41, 5.74) is 2.06. The highest BCUT2D eigenvalue weighted by Gasteiger charge is 2.36. The van der Waals surface area contributed by atoms with Gasteiger partial charge in [-0.25, -0.2) is 0 Å². The summed E-state index contributed by atoms with van der Waals surface area (Å²) in [5.74, 6) is 1.96. The molecule has 0 spiro atoms. The summed E-state index contributed by atoms with van der Waals surface area (Å²) >= 11 is 0. The summed E-state index contributed by atoms with van der Waals surface area (Å²) in [4.78, 5) is 0. The van der Waals surface area contributed by atoms with Crippen molar-refractivity contribution in [1.29, 1.82) is 0 Å². The molecular formula is C18H20O6. The number of fused-ring (bicyclic) bond motifs is 2. The van der Waals surface area contributed by atoms with Gasteiger partial charge in [-0.05, 0) is 23.3 Å². The summed E-state index contributed by atoms with van der Waals surface area (Å²) in [6.45, 7) is 0. The number of hydrogen-bond donors (Lipinski definition) is 2. The van der Waals surface area contributed by atoms with Gasteiger partial charge in [0.15, 0.2) is 0 Å². The van der Waals surface area contributed by atoms with E-state index in [1.54, 1.807) is 24.3 Å². The Morgan fingerprint density at radius 1 is 0.625 bits per heavy atom. The van der Waals surface area contributed by atoms with Gasteiger partial charge in [0.2, 0.25) is 0 Å². The third-order valence-electron chi connectivity index (χ3n) is 4.34. The number of methoxy groups -OCH3 is 4. The summed E-state index contributed by atoms with van der Waals surface area (Å²) in [7, 11) is 6.09. The van der Waals surface area contributed by atoms with Crippen molar-refractivity contribution in [3.05, 3.63) is 46.5 Å². The van der Waals surface area contributed by atoms with E-state index < -0.39 is 12.2 Å². The number of ether oxygens (including phenoxy) is 4. The van der Waals surface area contributed by atoms with Crippen molar-refractivity contribution in [3.8, 4) is 23.0 Å². The highest BCUT2D eigenvalue weighted by Crippen LogP contribution is 2.50. The van der Waals surface area contributed by atoms with Crippen molar-refractivity contribution in [1.82, 2.24) is 0 Å². The van der Waals surface area contributed by atoms with Crippen LogP contribution < -0.4 is 18.9 Å². The van der Waals surface area contributed by atoms with Crippen LogP contribution in [0.15, 0.2) is 24.3 Å². The van der Waals surface area contributed by atoms with Gasteiger partial charge in [0.05, 0.1) is 28.4 Å². The lowest BCUT2D eigenvalue weighted by Crippen LogP contribution is -2.20. The Labute approximate surface area is 140 Å². The molecule has 0 unspecified atom stereocenters. The van der Waals surface area contributed by atoms with Gasteiger partial charge in [-0.3, -0.25) is 0 Å². The van der Waals surface area contributed by atoms with Crippen LogP contribution in [0.4, 0.5) is 0 Å². The van der Waals surface area contributed by atoms with Crippen LogP contribution in [0.1, 0.15) is 34.5 Å². The van der Waals surface area contributed by atoms with Crippen LogP contribution in [0.25, 0.3) is 0 Å². The standard InChI is InChI=1S/C18H20O6/c1-21-9-5-11-15(13(7-9)23-3)18(20)16-12(17(11)19)6-10(22-2)8-14(16)24-4/h5-8,17-20H,1-4H3. The fourth-order valence-corrected chi connectivity index (χ4v) is 3.17. The largest absolute Gasteiger partial charge is 0.497 e. The van der Waals surface area contributed by atoms with E-state index in [1.165, 1.54) is 28.4 Å². The molecule has 0 heterocycles. The molecule has 6 heteroatoms. The zero-order valence-corrected chi connectivity index (χ0v) is 14.0. The third-order valence-corrected chi connectivity index (χ3v) is 4.34. The minimum Gasteiger partial charge on any atom is -0.497 e. The zero-order chi connectivity index (χ0) is 17.4. The van der Waals surface area contributed by atoms with E-state index in [2.05, 4.69) is 0 Å². The number of aliphatic hydroxyl groups is 2. The fourth-order valence-electron chi connectivity index (χ4n) is 3.17. The van der Waals surface area contributed by atoms with Crippen molar-refractivity contribution >= 4 is 0 Å². The van der Waals surface area contributed by atoms with Crippen LogP contribution in [-0.4, -0.2) is 38.7 Å². The Balaban J connectivity index is 2.29. The molecule has 0 radical (unpaired) electrons. The lowest BCUT2D eigenvalue weighted by Gasteiger charge is -2.32. The normalized spacial score (nSPS) is 18.4. The van der Waals surface area contributed by atoms with E-state index in [-0.39, 0.29) is 0 Å². The highest BCUT2D eigenvalue weighted by atomic mass is 16.5. The monoisotopic (exact) mass is 332 g/mol. The minimum absolute atomic E-state index is 0.444. The molecule has 0 aromatic heterocycles. The molecule has 0 bridgehead atoms. The topological polar surface area (TPSA) is 77.4 Å². The summed E-state index contributed by atoms with van der Waals surface area (Å²) < 4.78 is 21.3. The van der Waals surface area contributed by atoms with Crippen molar-refractivity contribution in [2.45, 2.75) is 12.2 Å². The molecule has 0 amide bonds. The van der Waals surface area contributed by atoms with E-state index >= 15 is 0 Å². The average Bonchev–Trinajstić information content (AvgIpc) is 2.63. The Kier molecular flexibility index (Phi) is 4.26. The summed E-state index contributed by atoms with van der Waals surface area (Å²) in [6, 6.07) is 6.74. The third kappa shape index (κ3) is 2.35. The van der Waals surface area contributed by atoms with Crippen LogP contribution in [0, 0.1) is 0 Å². The second-order valence-corrected chi connectivity index (χ2v) is 5.47. The molecule has 2 aromatic carbocycles. The maximum atomic E-state index is 10.9. The molecular weight excluding hydrogens is 312 g/mol. The predicted molar refractivity (Wildman–Crippen MR) is 87.2 cm³/mol. The van der Waals surface area contributed by atoms with Gasteiger partial charge in [0, 0.05) is 23.3 Å². The first-order valence-electron chi connectivity index (χ1n) is 7.43. The van der Waals surface area contributed by atoms with Crippen LogP contribution in [0.2, 0.25) is 0 Å². The molecule has 24 heavy (non-hydrogen) atoms. The molecule has 0 saturated carbocycles. The van der Waals surface area contributed by atoms with Crippen molar-refractivity contribution in [2.24, 2.45) is 0 Å². The van der Waals surface area contributed by atoms with Gasteiger partial charge in [-0.1, -0.05) is 0 Å². The molecule has 1 aliphatic rings. The molecule has 6 nitrogen and oxygen atoms in total. The number of rotatable bonds is 4. The van der Waals surface area contributed by atoms with Gasteiger partial charge in [0.25, 0.3) is 0 Å². The first-order valence-corrected chi connectivity index (χ1v) is 7.43. The van der Waals surface area contributed by atoms with Crippen molar-refractivity contribution in [3.63, 3.8) is 0 Å². The number of hydrogen-bond acceptors (Lipinski definition) is 6. The maximum Gasteiger partial charge on any atom is 0.129 e. The molecule has 0 saturated heterocycles. The first-order chi connectivity index (χ1) is 11.5. The molecule has 0 fully saturated rings. The summed E-state index contributed by atoms with van der Waals surface area (Å²) in [5, 5.41) is 21.8. The quantitative estimate of drug-likeness (QED) is 0.894. The Bertz CT molecular complexity index is 707. The second-order valence-electron chi connectivity index (χ2n) is 5.47. The van der Waals surface area contributed by atoms with E-state index in [0.29, 0.717) is 45.3 Å². The fraction of sp³-hybridized carbons (Fsp3) is 0.333. The highest BCUT2D eigenvalue weighted by molar-refractivity contribution is 5.62. The van der Waals surface area contributed by atoms with Crippen LogP contribution in [0.3, 0.4) is 0 Å². The first kappa shape index (κ1) is 16.4. The number of aliphatic hydroxyl groups excluding tert-OH is 2. The molecule has 128 valence electrons. The molecule has 0 atom stereocenters. The van der Waals surface area contributed by atoms with Gasteiger partial charge >= 0.3 is 0 Å². The lowest BCUT2D eigenvalue weighted by molar-refractivity contribution is 0.165. The predicted octanol–water partition coefficient (Wildman–Crippen LogP) is 2.20. The van der Waals surface area contributed by atoms with Crippen LogP contribution in [0.5, 0.6) is 23.0 Å². The maximum absolute atomic E-state index is 10.9. The molecule has 2 N–H and O–H groups in total. The smallest absolute Gasteiger partial charge is 0.129 e. The van der Waals surface area contributed by atoms with Crippen LogP contribution >= 0.6 is 0 Å². The van der Waals surface area contributed by atoms with E-state index in [9.17, 15) is 10.2 Å². The van der Waals surface area contributed by atoms with E-state index in [4.69, 9.17) is 18.9 Å². The number of benzene rings is 2. The van der Waals surface area contributed by atoms with Gasteiger partial charge in [-0.15, -0.1) is 0 Å². The Hall–Kier alpha value is -2.44. The average molecular weight is 332 g/mol. The molecule has 2 aromatic rings. The molecule has 0 aliphatic heterocycles. The van der Waals surface area contributed by atoms with Gasteiger partial charge in [-0.2, -0.15) is 0 Å². The lowest BCUT2D eigenvalue weighted by atomic mass is 9.80. The SMILES string of the molecule is COc1cc(OC)c2c(c1)C(O)c1cc(OC)cc(OC)c1C2O. The van der Waals surface area contributed by atoms with Crippen molar-refractivity contribution < 1.29 is 29.2 Å². The van der Waals surface area contributed by atoms with Gasteiger partial charge in [0.1, 0.15) is 35.2 Å². The van der Waals surface area contributed by atoms with Crippen LogP contribution in [-0.2, 0) is 0 Å². The Morgan fingerprint density at radius 2 is 1.04 bits per heavy atom. The second kappa shape index (κ2) is 6.22. The van der Waals surface area contributed by atoms with E-state index in [0.717, 1.165) is 0 Å². The molecule has 3 rings (SSSR count). The van der Waals surface area contributed by atoms with Gasteiger partial charge < -0.3 is 29.2 Å². The minimum atomic E-state index is -1.000.